The van der Waals surface area contributed by atoms with Gasteiger partial charge in [0.05, 0.1) is 6.42 Å². The molecule has 110 valence electrons. The lowest BCUT2D eigenvalue weighted by Crippen LogP contribution is -2.39. The minimum atomic E-state index is 0.199. The summed E-state index contributed by atoms with van der Waals surface area (Å²) in [6.45, 7) is 2.84. The fraction of sp³-hybridized carbons (Fsp3) is 0.562. The summed E-state index contributed by atoms with van der Waals surface area (Å²) in [6, 6.07) is 7.59. The molecule has 0 radical (unpaired) electrons. The smallest absolute Gasteiger partial charge is 0.227 e. The van der Waals surface area contributed by atoms with E-state index in [1.807, 2.05) is 36.2 Å². The molecule has 1 aliphatic heterocycles. The Morgan fingerprint density at radius 2 is 2.05 bits per heavy atom. The summed E-state index contributed by atoms with van der Waals surface area (Å²) in [5.41, 5.74) is 0.927. The van der Waals surface area contributed by atoms with Gasteiger partial charge in [0.15, 0.2) is 0 Å². The van der Waals surface area contributed by atoms with E-state index in [2.05, 4.69) is 5.32 Å². The predicted molar refractivity (Wildman–Crippen MR) is 83.0 cm³/mol. The highest BCUT2D eigenvalue weighted by Gasteiger charge is 2.22. The number of likely N-dealkylation sites (tertiary alicyclic amines) is 1. The third-order valence-electron chi connectivity index (χ3n) is 4.07. The van der Waals surface area contributed by atoms with Crippen LogP contribution in [-0.4, -0.2) is 37.5 Å². The van der Waals surface area contributed by atoms with Crippen LogP contribution in [0, 0.1) is 5.92 Å². The van der Waals surface area contributed by atoms with Crippen LogP contribution in [0.25, 0.3) is 0 Å². The molecule has 3 nitrogen and oxygen atoms in total. The van der Waals surface area contributed by atoms with Crippen LogP contribution in [0.1, 0.15) is 24.8 Å². The van der Waals surface area contributed by atoms with E-state index in [1.54, 1.807) is 0 Å². The SMILES string of the molecule is CNCCC1CCN(C(=O)Cc2ccccc2Cl)CC1. The Bertz CT molecular complexity index is 442. The van der Waals surface area contributed by atoms with Gasteiger partial charge in [0.25, 0.3) is 0 Å². The first-order valence-electron chi connectivity index (χ1n) is 7.36. The van der Waals surface area contributed by atoms with Crippen LogP contribution in [0.15, 0.2) is 24.3 Å². The van der Waals surface area contributed by atoms with Crippen LogP contribution in [0.2, 0.25) is 5.02 Å². The molecule has 1 aromatic rings. The Kier molecular flexibility index (Phi) is 5.86. The topological polar surface area (TPSA) is 32.3 Å². The first-order valence-corrected chi connectivity index (χ1v) is 7.74. The minimum Gasteiger partial charge on any atom is -0.342 e. The van der Waals surface area contributed by atoms with E-state index < -0.39 is 0 Å². The van der Waals surface area contributed by atoms with Crippen LogP contribution < -0.4 is 5.32 Å². The number of hydrogen-bond acceptors (Lipinski definition) is 2. The quantitative estimate of drug-likeness (QED) is 0.906. The molecule has 0 spiro atoms. The number of halogens is 1. The maximum atomic E-state index is 12.3. The van der Waals surface area contributed by atoms with Crippen molar-refractivity contribution in [1.82, 2.24) is 10.2 Å². The molecule has 0 aliphatic carbocycles. The van der Waals surface area contributed by atoms with Gasteiger partial charge in [-0.05, 0) is 50.4 Å². The standard InChI is InChI=1S/C16H23ClN2O/c1-18-9-6-13-7-10-19(11-8-13)16(20)12-14-4-2-3-5-15(14)17/h2-5,13,18H,6-12H2,1H3. The number of amides is 1. The lowest BCUT2D eigenvalue weighted by atomic mass is 9.93. The highest BCUT2D eigenvalue weighted by atomic mass is 35.5. The van der Waals surface area contributed by atoms with Gasteiger partial charge in [-0.1, -0.05) is 29.8 Å². The second-order valence-corrected chi connectivity index (χ2v) is 5.89. The minimum absolute atomic E-state index is 0.199. The normalized spacial score (nSPS) is 16.4. The fourth-order valence-electron chi connectivity index (χ4n) is 2.74. The van der Waals surface area contributed by atoms with Gasteiger partial charge >= 0.3 is 0 Å². The van der Waals surface area contributed by atoms with E-state index in [1.165, 1.54) is 6.42 Å². The van der Waals surface area contributed by atoms with Crippen molar-refractivity contribution in [3.63, 3.8) is 0 Å². The molecule has 0 saturated carbocycles. The number of nitrogens with one attached hydrogen (secondary N) is 1. The third-order valence-corrected chi connectivity index (χ3v) is 4.44. The van der Waals surface area contributed by atoms with Crippen molar-refractivity contribution < 1.29 is 4.79 Å². The molecule has 1 amide bonds. The molecular weight excluding hydrogens is 272 g/mol. The lowest BCUT2D eigenvalue weighted by Gasteiger charge is -2.32. The molecule has 1 saturated heterocycles. The van der Waals surface area contributed by atoms with E-state index in [4.69, 9.17) is 11.6 Å². The number of carbonyl (C=O) groups is 1. The van der Waals surface area contributed by atoms with E-state index >= 15 is 0 Å². The summed E-state index contributed by atoms with van der Waals surface area (Å²) < 4.78 is 0. The highest BCUT2D eigenvalue weighted by molar-refractivity contribution is 6.31. The van der Waals surface area contributed by atoms with Crippen LogP contribution in [0.5, 0.6) is 0 Å². The van der Waals surface area contributed by atoms with E-state index in [9.17, 15) is 4.79 Å². The molecule has 1 N–H and O–H groups in total. The molecule has 0 bridgehead atoms. The Morgan fingerprint density at radius 3 is 2.70 bits per heavy atom. The van der Waals surface area contributed by atoms with Crippen molar-refractivity contribution in [2.24, 2.45) is 5.92 Å². The van der Waals surface area contributed by atoms with Gasteiger partial charge in [0.2, 0.25) is 5.91 Å². The summed E-state index contributed by atoms with van der Waals surface area (Å²) in [5.74, 6) is 0.956. The van der Waals surface area contributed by atoms with Crippen LogP contribution in [-0.2, 0) is 11.2 Å². The van der Waals surface area contributed by atoms with Crippen LogP contribution >= 0.6 is 11.6 Å². The summed E-state index contributed by atoms with van der Waals surface area (Å²) >= 11 is 6.11. The Labute approximate surface area is 126 Å². The first-order chi connectivity index (χ1) is 9.70. The number of rotatable bonds is 5. The highest BCUT2D eigenvalue weighted by Crippen LogP contribution is 2.22. The van der Waals surface area contributed by atoms with Gasteiger partial charge in [-0.3, -0.25) is 4.79 Å². The largest absolute Gasteiger partial charge is 0.342 e. The zero-order valence-corrected chi connectivity index (χ0v) is 12.8. The van der Waals surface area contributed by atoms with Crippen molar-refractivity contribution in [1.29, 1.82) is 0 Å². The second-order valence-electron chi connectivity index (χ2n) is 5.48. The molecule has 0 aromatic heterocycles. The molecule has 1 aliphatic rings. The molecular formula is C16H23ClN2O. The molecule has 0 unspecified atom stereocenters. The van der Waals surface area contributed by atoms with Gasteiger partial charge in [0, 0.05) is 18.1 Å². The Hall–Kier alpha value is -1.06. The van der Waals surface area contributed by atoms with E-state index in [0.717, 1.165) is 44.0 Å². The molecule has 1 aromatic carbocycles. The van der Waals surface area contributed by atoms with Gasteiger partial charge in [-0.15, -0.1) is 0 Å². The number of hydrogen-bond donors (Lipinski definition) is 1. The number of carbonyl (C=O) groups excluding carboxylic acids is 1. The van der Waals surface area contributed by atoms with Crippen LogP contribution in [0.3, 0.4) is 0 Å². The average Bonchev–Trinajstić information content (AvgIpc) is 2.48. The second kappa shape index (κ2) is 7.65. The van der Waals surface area contributed by atoms with Gasteiger partial charge in [-0.25, -0.2) is 0 Å². The Morgan fingerprint density at radius 1 is 1.35 bits per heavy atom. The van der Waals surface area contributed by atoms with Crippen molar-refractivity contribution in [3.05, 3.63) is 34.9 Å². The van der Waals surface area contributed by atoms with Gasteiger partial charge in [-0.2, -0.15) is 0 Å². The number of nitrogens with zero attached hydrogens (tertiary/aromatic N) is 1. The number of piperidine rings is 1. The molecule has 20 heavy (non-hydrogen) atoms. The summed E-state index contributed by atoms with van der Waals surface area (Å²) in [6.07, 6.45) is 3.87. The number of benzene rings is 1. The molecule has 4 heteroatoms. The summed E-state index contributed by atoms with van der Waals surface area (Å²) in [5, 5.41) is 3.88. The van der Waals surface area contributed by atoms with Crippen molar-refractivity contribution in [2.45, 2.75) is 25.7 Å². The molecule has 2 rings (SSSR count). The first kappa shape index (κ1) is 15.3. The average molecular weight is 295 g/mol. The zero-order valence-electron chi connectivity index (χ0n) is 12.1. The molecule has 1 fully saturated rings. The summed E-state index contributed by atoms with van der Waals surface area (Å²) in [4.78, 5) is 14.3. The molecule has 0 atom stereocenters. The van der Waals surface area contributed by atoms with Crippen LogP contribution in [0.4, 0.5) is 0 Å². The van der Waals surface area contributed by atoms with Crippen molar-refractivity contribution in [3.8, 4) is 0 Å². The van der Waals surface area contributed by atoms with Crippen molar-refractivity contribution in [2.75, 3.05) is 26.7 Å². The maximum absolute atomic E-state index is 12.3. The van der Waals surface area contributed by atoms with E-state index in [-0.39, 0.29) is 5.91 Å². The van der Waals surface area contributed by atoms with Gasteiger partial charge in [0.1, 0.15) is 0 Å². The Balaban J connectivity index is 1.82. The van der Waals surface area contributed by atoms with E-state index in [0.29, 0.717) is 11.4 Å². The molecule has 1 heterocycles. The lowest BCUT2D eigenvalue weighted by molar-refractivity contribution is -0.131. The maximum Gasteiger partial charge on any atom is 0.227 e. The third kappa shape index (κ3) is 4.22. The monoisotopic (exact) mass is 294 g/mol. The fourth-order valence-corrected chi connectivity index (χ4v) is 2.94. The predicted octanol–water partition coefficient (Wildman–Crippen LogP) is 2.73. The zero-order chi connectivity index (χ0) is 14.4. The summed E-state index contributed by atoms with van der Waals surface area (Å²) in [7, 11) is 1.99. The van der Waals surface area contributed by atoms with Gasteiger partial charge < -0.3 is 10.2 Å². The van der Waals surface area contributed by atoms with Crippen molar-refractivity contribution >= 4 is 17.5 Å².